The van der Waals surface area contributed by atoms with Crippen LogP contribution in [-0.4, -0.2) is 48.8 Å². The van der Waals surface area contributed by atoms with Crippen LogP contribution in [0.5, 0.6) is 0 Å². The zero-order chi connectivity index (χ0) is 21.8. The minimum absolute atomic E-state index is 0.0626. The van der Waals surface area contributed by atoms with Gasteiger partial charge in [-0.05, 0) is 63.2 Å². The number of aryl methyl sites for hydroxylation is 2. The van der Waals surface area contributed by atoms with E-state index >= 15 is 0 Å². The molecule has 2 aromatic rings. The molecule has 0 saturated carbocycles. The fourth-order valence-electron chi connectivity index (χ4n) is 3.82. The van der Waals surface area contributed by atoms with Crippen molar-refractivity contribution in [3.63, 3.8) is 0 Å². The Labute approximate surface area is 177 Å². The zero-order valence-corrected chi connectivity index (χ0v) is 17.9. The van der Waals surface area contributed by atoms with Gasteiger partial charge in [0, 0.05) is 18.2 Å². The molecule has 3 amide bonds. The van der Waals surface area contributed by atoms with Crippen molar-refractivity contribution in [2.24, 2.45) is 0 Å². The van der Waals surface area contributed by atoms with Gasteiger partial charge in [0.1, 0.15) is 0 Å². The molecule has 1 atom stereocenters. The SMILES string of the molecule is Cc1cc(C)cc(NC(=O)CN(C)CC(=O)N2c3ccccc3NC(=O)C[C@H]2C)c1. The van der Waals surface area contributed by atoms with Crippen LogP contribution in [-0.2, 0) is 14.4 Å². The molecule has 3 rings (SSSR count). The summed E-state index contributed by atoms with van der Waals surface area (Å²) >= 11 is 0. The van der Waals surface area contributed by atoms with E-state index in [4.69, 9.17) is 0 Å². The molecule has 0 fully saturated rings. The maximum Gasteiger partial charge on any atom is 0.241 e. The lowest BCUT2D eigenvalue weighted by molar-refractivity contribution is -0.121. The monoisotopic (exact) mass is 408 g/mol. The normalized spacial score (nSPS) is 16.0. The van der Waals surface area contributed by atoms with Gasteiger partial charge in [-0.1, -0.05) is 18.2 Å². The third-order valence-electron chi connectivity index (χ3n) is 4.95. The number of nitrogens with one attached hydrogen (secondary N) is 2. The number of hydrogen-bond acceptors (Lipinski definition) is 4. The molecule has 0 radical (unpaired) electrons. The number of fused-ring (bicyclic) bond motifs is 1. The number of likely N-dealkylation sites (N-methyl/N-ethyl adjacent to an activating group) is 1. The molecule has 0 spiro atoms. The van der Waals surface area contributed by atoms with Gasteiger partial charge in [0.25, 0.3) is 0 Å². The number of hydrogen-bond donors (Lipinski definition) is 2. The maximum absolute atomic E-state index is 13.1. The summed E-state index contributed by atoms with van der Waals surface area (Å²) in [6.07, 6.45) is 0.220. The molecular weight excluding hydrogens is 380 g/mol. The van der Waals surface area contributed by atoms with Crippen molar-refractivity contribution in [2.45, 2.75) is 33.2 Å². The Morgan fingerprint density at radius 2 is 1.80 bits per heavy atom. The van der Waals surface area contributed by atoms with Crippen LogP contribution >= 0.6 is 0 Å². The van der Waals surface area contributed by atoms with E-state index < -0.39 is 0 Å². The Morgan fingerprint density at radius 3 is 2.50 bits per heavy atom. The van der Waals surface area contributed by atoms with E-state index in [1.165, 1.54) is 0 Å². The van der Waals surface area contributed by atoms with Crippen LogP contribution in [0.2, 0.25) is 0 Å². The molecule has 2 aromatic carbocycles. The molecule has 158 valence electrons. The van der Waals surface area contributed by atoms with Crippen LogP contribution in [0.1, 0.15) is 24.5 Å². The fourth-order valence-corrected chi connectivity index (χ4v) is 3.82. The van der Waals surface area contributed by atoms with Crippen LogP contribution in [0.25, 0.3) is 0 Å². The van der Waals surface area contributed by atoms with Crippen LogP contribution in [0.15, 0.2) is 42.5 Å². The topological polar surface area (TPSA) is 81.8 Å². The highest BCUT2D eigenvalue weighted by Gasteiger charge is 2.30. The first kappa shape index (κ1) is 21.5. The average Bonchev–Trinajstić information content (AvgIpc) is 2.74. The van der Waals surface area contributed by atoms with Gasteiger partial charge in [0.2, 0.25) is 17.7 Å². The molecule has 0 unspecified atom stereocenters. The molecule has 0 aromatic heterocycles. The number of para-hydroxylation sites is 2. The summed E-state index contributed by atoms with van der Waals surface area (Å²) in [7, 11) is 1.73. The molecule has 1 aliphatic heterocycles. The summed E-state index contributed by atoms with van der Waals surface area (Å²) in [5.41, 5.74) is 4.19. The zero-order valence-electron chi connectivity index (χ0n) is 17.9. The maximum atomic E-state index is 13.1. The van der Waals surface area contributed by atoms with E-state index in [2.05, 4.69) is 10.6 Å². The van der Waals surface area contributed by atoms with E-state index in [0.29, 0.717) is 11.4 Å². The first-order chi connectivity index (χ1) is 14.2. The van der Waals surface area contributed by atoms with Crippen molar-refractivity contribution in [3.8, 4) is 0 Å². The summed E-state index contributed by atoms with van der Waals surface area (Å²) in [5, 5.41) is 5.74. The van der Waals surface area contributed by atoms with E-state index in [1.807, 2.05) is 57.2 Å². The lowest BCUT2D eigenvalue weighted by Crippen LogP contribution is -2.45. The predicted molar refractivity (Wildman–Crippen MR) is 119 cm³/mol. The quantitative estimate of drug-likeness (QED) is 0.797. The van der Waals surface area contributed by atoms with Gasteiger partial charge >= 0.3 is 0 Å². The molecule has 7 nitrogen and oxygen atoms in total. The van der Waals surface area contributed by atoms with Gasteiger partial charge < -0.3 is 15.5 Å². The lowest BCUT2D eigenvalue weighted by Gasteiger charge is -2.29. The molecule has 1 aliphatic rings. The van der Waals surface area contributed by atoms with Crippen molar-refractivity contribution in [2.75, 3.05) is 35.7 Å². The van der Waals surface area contributed by atoms with Gasteiger partial charge in [-0.25, -0.2) is 0 Å². The molecule has 0 aliphatic carbocycles. The Bertz CT molecular complexity index is 952. The number of benzene rings is 2. The summed E-state index contributed by atoms with van der Waals surface area (Å²) in [6, 6.07) is 12.9. The van der Waals surface area contributed by atoms with E-state index in [1.54, 1.807) is 22.9 Å². The third-order valence-corrected chi connectivity index (χ3v) is 4.95. The Morgan fingerprint density at radius 1 is 1.13 bits per heavy atom. The second-order valence-corrected chi connectivity index (χ2v) is 7.98. The number of rotatable bonds is 5. The second-order valence-electron chi connectivity index (χ2n) is 7.98. The molecule has 0 saturated heterocycles. The van der Waals surface area contributed by atoms with E-state index in [-0.39, 0.29) is 43.3 Å². The fraction of sp³-hybridized carbons (Fsp3) is 0.348. The number of nitrogens with zero attached hydrogens (tertiary/aromatic N) is 2. The van der Waals surface area contributed by atoms with Crippen LogP contribution in [0, 0.1) is 13.8 Å². The highest BCUT2D eigenvalue weighted by Crippen LogP contribution is 2.31. The van der Waals surface area contributed by atoms with Crippen LogP contribution in [0.4, 0.5) is 17.1 Å². The van der Waals surface area contributed by atoms with Gasteiger partial charge in [-0.2, -0.15) is 0 Å². The van der Waals surface area contributed by atoms with Gasteiger partial charge in [0.15, 0.2) is 0 Å². The minimum atomic E-state index is -0.279. The highest BCUT2D eigenvalue weighted by molar-refractivity contribution is 6.05. The number of carbonyl (C=O) groups is 3. The molecule has 0 bridgehead atoms. The third kappa shape index (κ3) is 5.24. The highest BCUT2D eigenvalue weighted by atomic mass is 16.2. The number of anilines is 3. The van der Waals surface area contributed by atoms with Crippen LogP contribution in [0.3, 0.4) is 0 Å². The summed E-state index contributed by atoms with van der Waals surface area (Å²) < 4.78 is 0. The Balaban J connectivity index is 1.66. The van der Waals surface area contributed by atoms with Crippen LogP contribution < -0.4 is 15.5 Å². The molecular formula is C23H28N4O3. The van der Waals surface area contributed by atoms with Crippen molar-refractivity contribution in [1.29, 1.82) is 0 Å². The van der Waals surface area contributed by atoms with Crippen molar-refractivity contribution < 1.29 is 14.4 Å². The summed E-state index contributed by atoms with van der Waals surface area (Å²) in [5.74, 6) is -0.462. The first-order valence-corrected chi connectivity index (χ1v) is 10.0. The largest absolute Gasteiger partial charge is 0.325 e. The Hall–Kier alpha value is -3.19. The molecule has 1 heterocycles. The smallest absolute Gasteiger partial charge is 0.241 e. The van der Waals surface area contributed by atoms with Crippen molar-refractivity contribution in [1.82, 2.24) is 4.90 Å². The molecule has 30 heavy (non-hydrogen) atoms. The summed E-state index contributed by atoms with van der Waals surface area (Å²) in [6.45, 7) is 5.96. The van der Waals surface area contributed by atoms with Gasteiger partial charge in [-0.15, -0.1) is 0 Å². The van der Waals surface area contributed by atoms with Gasteiger partial charge in [0.05, 0.1) is 24.5 Å². The number of amides is 3. The predicted octanol–water partition coefficient (Wildman–Crippen LogP) is 2.94. The lowest BCUT2D eigenvalue weighted by atomic mass is 10.1. The second kappa shape index (κ2) is 9.09. The standard InChI is InChI=1S/C23H28N4O3/c1-15-9-16(2)11-18(10-15)24-22(29)13-26(4)14-23(30)27-17(3)12-21(28)25-19-7-5-6-8-20(19)27/h5-11,17H,12-14H2,1-4H3,(H,24,29)(H,25,28)/t17-/m1/s1. The van der Waals surface area contributed by atoms with E-state index in [9.17, 15) is 14.4 Å². The summed E-state index contributed by atoms with van der Waals surface area (Å²) in [4.78, 5) is 40.9. The molecule has 7 heteroatoms. The van der Waals surface area contributed by atoms with Gasteiger partial charge in [-0.3, -0.25) is 19.3 Å². The molecule has 2 N–H and O–H groups in total. The van der Waals surface area contributed by atoms with Crippen molar-refractivity contribution in [3.05, 3.63) is 53.6 Å². The first-order valence-electron chi connectivity index (χ1n) is 10.0. The van der Waals surface area contributed by atoms with Crippen molar-refractivity contribution >= 4 is 34.8 Å². The number of carbonyl (C=O) groups excluding carboxylic acids is 3. The minimum Gasteiger partial charge on any atom is -0.325 e. The van der Waals surface area contributed by atoms with E-state index in [0.717, 1.165) is 16.8 Å². The average molecular weight is 409 g/mol. The Kier molecular flexibility index (Phi) is 6.52.